The summed E-state index contributed by atoms with van der Waals surface area (Å²) in [6.07, 6.45) is 5.43. The van der Waals surface area contributed by atoms with E-state index in [2.05, 4.69) is 26.2 Å². The van der Waals surface area contributed by atoms with E-state index in [-0.39, 0.29) is 31.5 Å². The lowest BCUT2D eigenvalue weighted by molar-refractivity contribution is -0.133. The standard InChI is InChI=1S/C35H59N5O6S/c1-23(2)36-20-30(42)38-31(35(6,7)47(8,45)46)33(44)37-27(18-24-14-10-9-11-15-24)29(41)22-40-21-26-17-13-12-16-25(26)19-28(40)32(43)39-34(3,4)5/h9-11,14-15,23,25-29,31,36,41H,12-13,16-22H2,1-8H3,(H,37,44)(H,38,42)(H,39,43)/t25?,26?,27-,28-,29+,31+/m0/s1. The van der Waals surface area contributed by atoms with Crippen molar-refractivity contribution >= 4 is 27.6 Å². The van der Waals surface area contributed by atoms with Gasteiger partial charge in [-0.05, 0) is 71.3 Å². The van der Waals surface area contributed by atoms with Gasteiger partial charge in [0, 0.05) is 30.9 Å². The number of piperidine rings is 1. The number of sulfone groups is 1. The molecule has 12 heteroatoms. The number of hydrogen-bond acceptors (Lipinski definition) is 8. The third-order valence-corrected chi connectivity index (χ3v) is 11.9. The second-order valence-electron chi connectivity index (χ2n) is 15.5. The van der Waals surface area contributed by atoms with Crippen LogP contribution in [0, 0.1) is 11.8 Å². The summed E-state index contributed by atoms with van der Waals surface area (Å²) in [5.74, 6) is -0.387. The lowest BCUT2D eigenvalue weighted by Gasteiger charge is -2.47. The van der Waals surface area contributed by atoms with E-state index in [1.54, 1.807) is 0 Å². The molecule has 266 valence electrons. The Kier molecular flexibility index (Phi) is 13.4. The molecule has 1 aliphatic carbocycles. The molecule has 0 aromatic heterocycles. The van der Waals surface area contributed by atoms with E-state index >= 15 is 0 Å². The first-order valence-corrected chi connectivity index (χ1v) is 19.0. The summed E-state index contributed by atoms with van der Waals surface area (Å²) in [7, 11) is -3.82. The summed E-state index contributed by atoms with van der Waals surface area (Å²) >= 11 is 0. The number of carbonyl (C=O) groups excluding carboxylic acids is 3. The van der Waals surface area contributed by atoms with Crippen LogP contribution in [0.5, 0.6) is 0 Å². The third-order valence-electron chi connectivity index (χ3n) is 9.70. The highest BCUT2D eigenvalue weighted by molar-refractivity contribution is 7.92. The molecule has 3 amide bonds. The van der Waals surface area contributed by atoms with E-state index in [0.717, 1.165) is 43.9 Å². The van der Waals surface area contributed by atoms with Crippen LogP contribution < -0.4 is 21.3 Å². The van der Waals surface area contributed by atoms with Crippen molar-refractivity contribution < 1.29 is 27.9 Å². The number of nitrogens with one attached hydrogen (secondary N) is 4. The molecule has 3 rings (SSSR count). The maximum absolute atomic E-state index is 14.0. The first-order valence-electron chi connectivity index (χ1n) is 17.1. The van der Waals surface area contributed by atoms with Crippen molar-refractivity contribution in [3.63, 3.8) is 0 Å². The molecule has 1 saturated carbocycles. The van der Waals surface area contributed by atoms with E-state index in [1.807, 2.05) is 65.0 Å². The number of likely N-dealkylation sites (tertiary alicyclic amines) is 1. The van der Waals surface area contributed by atoms with Crippen molar-refractivity contribution in [2.75, 3.05) is 25.9 Å². The van der Waals surface area contributed by atoms with Crippen molar-refractivity contribution in [3.05, 3.63) is 35.9 Å². The number of amides is 3. The highest BCUT2D eigenvalue weighted by atomic mass is 32.2. The number of fused-ring (bicyclic) bond motifs is 1. The summed E-state index contributed by atoms with van der Waals surface area (Å²) in [6.45, 7) is 13.2. The van der Waals surface area contributed by atoms with Gasteiger partial charge in [-0.2, -0.15) is 0 Å². The number of benzene rings is 1. The van der Waals surface area contributed by atoms with Gasteiger partial charge < -0.3 is 26.4 Å². The van der Waals surface area contributed by atoms with Crippen LogP contribution in [-0.2, 0) is 30.6 Å². The van der Waals surface area contributed by atoms with Gasteiger partial charge in [-0.1, -0.05) is 63.4 Å². The van der Waals surface area contributed by atoms with Crippen LogP contribution in [0.3, 0.4) is 0 Å². The third kappa shape index (κ3) is 11.3. The largest absolute Gasteiger partial charge is 0.390 e. The highest BCUT2D eigenvalue weighted by Gasteiger charge is 2.46. The number of hydrogen-bond donors (Lipinski definition) is 5. The molecule has 1 aromatic carbocycles. The number of aliphatic hydroxyl groups excluding tert-OH is 1. The Bertz CT molecular complexity index is 1310. The van der Waals surface area contributed by atoms with Gasteiger partial charge in [0.05, 0.1) is 29.5 Å². The Labute approximate surface area is 282 Å². The van der Waals surface area contributed by atoms with Gasteiger partial charge in [0.2, 0.25) is 17.7 Å². The fourth-order valence-electron chi connectivity index (χ4n) is 6.69. The van der Waals surface area contributed by atoms with E-state index in [9.17, 15) is 27.9 Å². The topological polar surface area (TPSA) is 157 Å². The predicted molar refractivity (Wildman–Crippen MR) is 185 cm³/mol. The molecule has 5 N–H and O–H groups in total. The molecule has 1 aliphatic heterocycles. The smallest absolute Gasteiger partial charge is 0.244 e. The number of rotatable bonds is 14. The molecule has 6 atom stereocenters. The summed E-state index contributed by atoms with van der Waals surface area (Å²) in [4.78, 5) is 42.6. The van der Waals surface area contributed by atoms with E-state index in [1.165, 1.54) is 13.8 Å². The Morgan fingerprint density at radius 1 is 0.979 bits per heavy atom. The van der Waals surface area contributed by atoms with Gasteiger partial charge in [0.15, 0.2) is 9.84 Å². The summed E-state index contributed by atoms with van der Waals surface area (Å²) in [5, 5.41) is 23.6. The Hall–Kier alpha value is -2.54. The van der Waals surface area contributed by atoms with Gasteiger partial charge in [-0.15, -0.1) is 0 Å². The van der Waals surface area contributed by atoms with Crippen LogP contribution in [0.15, 0.2) is 30.3 Å². The van der Waals surface area contributed by atoms with Crippen molar-refractivity contribution in [3.8, 4) is 0 Å². The molecule has 2 fully saturated rings. The van der Waals surface area contributed by atoms with Crippen molar-refractivity contribution in [1.29, 1.82) is 0 Å². The summed E-state index contributed by atoms with van der Waals surface area (Å²) < 4.78 is 24.1. The minimum Gasteiger partial charge on any atom is -0.390 e. The monoisotopic (exact) mass is 677 g/mol. The van der Waals surface area contributed by atoms with Crippen molar-refractivity contribution in [2.24, 2.45) is 11.8 Å². The quantitative estimate of drug-likeness (QED) is 0.201. The SMILES string of the molecule is CC(C)NCC(=O)N[C@H](C(=O)N[C@@H](Cc1ccccc1)[C@H](O)CN1CC2CCCCC2C[C@H]1C(=O)NC(C)(C)C)C(C)(C)S(C)(=O)=O. The predicted octanol–water partition coefficient (Wildman–Crippen LogP) is 2.18. The van der Waals surface area contributed by atoms with Crippen LogP contribution >= 0.6 is 0 Å². The molecular weight excluding hydrogens is 618 g/mol. The highest BCUT2D eigenvalue weighted by Crippen LogP contribution is 2.39. The number of nitrogens with zero attached hydrogens (tertiary/aromatic N) is 1. The molecule has 0 bridgehead atoms. The molecule has 2 unspecified atom stereocenters. The van der Waals surface area contributed by atoms with E-state index in [0.29, 0.717) is 18.4 Å². The number of β-amino-alcohol motifs (C(OH)–C–C–N with tert-alkyl or cyclic N) is 1. The molecule has 47 heavy (non-hydrogen) atoms. The molecule has 2 aliphatic rings. The zero-order valence-corrected chi connectivity index (χ0v) is 30.5. The fourth-order valence-corrected chi connectivity index (χ4v) is 7.28. The maximum atomic E-state index is 14.0. The van der Waals surface area contributed by atoms with Crippen LogP contribution in [0.2, 0.25) is 0 Å². The van der Waals surface area contributed by atoms with E-state index < -0.39 is 56.2 Å². The molecule has 1 aromatic rings. The van der Waals surface area contributed by atoms with Crippen LogP contribution in [0.25, 0.3) is 0 Å². The van der Waals surface area contributed by atoms with Gasteiger partial charge >= 0.3 is 0 Å². The van der Waals surface area contributed by atoms with Crippen LogP contribution in [-0.4, -0.2) is 103 Å². The zero-order valence-electron chi connectivity index (χ0n) is 29.6. The average Bonchev–Trinajstić information content (AvgIpc) is 2.97. The Balaban J connectivity index is 1.91. The first kappa shape index (κ1) is 38.9. The lowest BCUT2D eigenvalue weighted by Crippen LogP contribution is -2.64. The first-order chi connectivity index (χ1) is 21.8. The zero-order chi connectivity index (χ0) is 35.2. The second kappa shape index (κ2) is 16.2. The maximum Gasteiger partial charge on any atom is 0.244 e. The molecule has 1 heterocycles. The normalized spacial score (nSPS) is 22.9. The van der Waals surface area contributed by atoms with E-state index in [4.69, 9.17) is 0 Å². The van der Waals surface area contributed by atoms with Crippen molar-refractivity contribution in [1.82, 2.24) is 26.2 Å². The summed E-state index contributed by atoms with van der Waals surface area (Å²) in [5.41, 5.74) is 0.458. The molecule has 1 saturated heterocycles. The average molecular weight is 678 g/mol. The molecular formula is C35H59N5O6S. The lowest BCUT2D eigenvalue weighted by atomic mass is 9.72. The second-order valence-corrected chi connectivity index (χ2v) is 18.1. The fraction of sp³-hybridized carbons (Fsp3) is 0.743. The molecule has 0 spiro atoms. The number of carbonyl (C=O) groups is 3. The minimum atomic E-state index is -3.82. The molecule has 11 nitrogen and oxygen atoms in total. The van der Waals surface area contributed by atoms with Gasteiger partial charge in [-0.3, -0.25) is 19.3 Å². The van der Waals surface area contributed by atoms with Gasteiger partial charge in [0.25, 0.3) is 0 Å². The van der Waals surface area contributed by atoms with Crippen LogP contribution in [0.1, 0.15) is 86.1 Å². The van der Waals surface area contributed by atoms with Gasteiger partial charge in [0.1, 0.15) is 6.04 Å². The Morgan fingerprint density at radius 2 is 1.60 bits per heavy atom. The van der Waals surface area contributed by atoms with Crippen molar-refractivity contribution in [2.45, 2.75) is 128 Å². The number of aliphatic hydroxyl groups is 1. The molecule has 0 radical (unpaired) electrons. The Morgan fingerprint density at radius 3 is 2.17 bits per heavy atom. The summed E-state index contributed by atoms with van der Waals surface area (Å²) in [6, 6.07) is 6.77. The minimum absolute atomic E-state index is 0.00864. The van der Waals surface area contributed by atoms with Gasteiger partial charge in [-0.25, -0.2) is 8.42 Å². The van der Waals surface area contributed by atoms with Crippen LogP contribution in [0.4, 0.5) is 0 Å².